The lowest BCUT2D eigenvalue weighted by atomic mass is 9.94. The number of hydrogen-bond donors (Lipinski definition) is 1. The highest BCUT2D eigenvalue weighted by Crippen LogP contribution is 2.44. The fourth-order valence-corrected chi connectivity index (χ4v) is 3.53. The molecule has 0 radical (unpaired) electrons. The Labute approximate surface area is 173 Å². The number of carbonyl (C=O) groups is 1. The summed E-state index contributed by atoms with van der Waals surface area (Å²) in [6, 6.07) is 3.46. The summed E-state index contributed by atoms with van der Waals surface area (Å²) in [4.78, 5) is 15.5. The molecule has 1 heterocycles. The van der Waals surface area contributed by atoms with E-state index in [1.165, 1.54) is 6.92 Å². The zero-order chi connectivity index (χ0) is 23.0. The maximum absolute atomic E-state index is 13.3. The van der Waals surface area contributed by atoms with Gasteiger partial charge in [0.1, 0.15) is 5.75 Å². The molecule has 0 bridgehead atoms. The number of benzene rings is 1. The zero-order valence-corrected chi connectivity index (χ0v) is 16.2. The van der Waals surface area contributed by atoms with Crippen LogP contribution in [0.25, 0.3) is 11.1 Å². The van der Waals surface area contributed by atoms with Gasteiger partial charge in [0, 0.05) is 11.8 Å². The molecule has 0 fully saturated rings. The molecule has 0 saturated carbocycles. The monoisotopic (exact) mass is 445 g/mol. The highest BCUT2D eigenvalue weighted by molar-refractivity contribution is 5.97. The van der Waals surface area contributed by atoms with Crippen LogP contribution in [0, 0.1) is 0 Å². The van der Waals surface area contributed by atoms with Gasteiger partial charge in [0.15, 0.2) is 5.69 Å². The maximum atomic E-state index is 13.3. The van der Waals surface area contributed by atoms with Gasteiger partial charge in [-0.2, -0.15) is 26.3 Å². The maximum Gasteiger partial charge on any atom is 0.434 e. The van der Waals surface area contributed by atoms with Gasteiger partial charge in [0.2, 0.25) is 0 Å². The van der Waals surface area contributed by atoms with Crippen LogP contribution in [0.2, 0.25) is 0 Å². The first kappa shape index (κ1) is 22.6. The van der Waals surface area contributed by atoms with Crippen molar-refractivity contribution in [1.82, 2.24) is 4.98 Å². The van der Waals surface area contributed by atoms with Crippen molar-refractivity contribution in [3.05, 3.63) is 58.4 Å². The first-order valence-electron chi connectivity index (χ1n) is 9.30. The average molecular weight is 445 g/mol. The van der Waals surface area contributed by atoms with E-state index in [2.05, 4.69) is 4.98 Å². The minimum absolute atomic E-state index is 0.0556. The number of phenols is 1. The van der Waals surface area contributed by atoms with Gasteiger partial charge in [-0.15, -0.1) is 0 Å². The molecule has 4 nitrogen and oxygen atoms in total. The molecule has 1 aliphatic rings. The third-order valence-electron chi connectivity index (χ3n) is 4.87. The first-order chi connectivity index (χ1) is 14.4. The van der Waals surface area contributed by atoms with E-state index in [9.17, 15) is 36.2 Å². The number of alkyl halides is 6. The normalized spacial score (nSPS) is 14.8. The summed E-state index contributed by atoms with van der Waals surface area (Å²) in [5.74, 6) is -1.58. The van der Waals surface area contributed by atoms with Crippen molar-refractivity contribution < 1.29 is 41.0 Å². The van der Waals surface area contributed by atoms with Crippen LogP contribution in [-0.2, 0) is 17.1 Å². The quantitative estimate of drug-likeness (QED) is 0.457. The molecule has 0 spiro atoms. The van der Waals surface area contributed by atoms with Crippen LogP contribution in [-0.4, -0.2) is 22.7 Å². The van der Waals surface area contributed by atoms with Crippen molar-refractivity contribution in [2.45, 2.75) is 38.5 Å². The highest BCUT2D eigenvalue weighted by atomic mass is 19.4. The third-order valence-corrected chi connectivity index (χ3v) is 4.87. The summed E-state index contributed by atoms with van der Waals surface area (Å²) >= 11 is 0. The Balaban J connectivity index is 2.17. The van der Waals surface area contributed by atoms with E-state index < -0.39 is 35.1 Å². The Morgan fingerprint density at radius 2 is 1.74 bits per heavy atom. The second kappa shape index (κ2) is 8.24. The van der Waals surface area contributed by atoms with Crippen molar-refractivity contribution in [2.75, 3.05) is 6.61 Å². The molecule has 3 rings (SSSR count). The Morgan fingerprint density at radius 1 is 1.06 bits per heavy atom. The van der Waals surface area contributed by atoms with Crippen molar-refractivity contribution in [3.8, 4) is 5.75 Å². The Kier molecular flexibility index (Phi) is 6.02. The van der Waals surface area contributed by atoms with Crippen LogP contribution in [0.15, 0.2) is 30.5 Å². The lowest BCUT2D eigenvalue weighted by Gasteiger charge is -2.15. The molecule has 31 heavy (non-hydrogen) atoms. The topological polar surface area (TPSA) is 59.4 Å². The summed E-state index contributed by atoms with van der Waals surface area (Å²) < 4.78 is 83.9. The number of pyridine rings is 1. The number of nitrogens with zero attached hydrogens (tertiary/aromatic N) is 1. The first-order valence-corrected chi connectivity index (χ1v) is 9.30. The minimum atomic E-state index is -4.90. The summed E-state index contributed by atoms with van der Waals surface area (Å²) in [7, 11) is 0. The van der Waals surface area contributed by atoms with Gasteiger partial charge in [-0.25, -0.2) is 4.79 Å². The predicted octanol–water partition coefficient (Wildman–Crippen LogP) is 6.10. The summed E-state index contributed by atoms with van der Waals surface area (Å²) in [5.41, 5.74) is -2.27. The molecule has 1 aromatic carbocycles. The van der Waals surface area contributed by atoms with Crippen LogP contribution in [0.4, 0.5) is 26.3 Å². The summed E-state index contributed by atoms with van der Waals surface area (Å²) in [6.45, 7) is 1.29. The van der Waals surface area contributed by atoms with Crippen LogP contribution in [0.5, 0.6) is 5.75 Å². The number of halogens is 6. The second-order valence-electron chi connectivity index (χ2n) is 6.88. The summed E-state index contributed by atoms with van der Waals surface area (Å²) in [5, 5.41) is 10.1. The number of hydrogen-bond acceptors (Lipinski definition) is 4. The van der Waals surface area contributed by atoms with Gasteiger partial charge in [-0.05, 0) is 67.2 Å². The highest BCUT2D eigenvalue weighted by Gasteiger charge is 2.38. The Morgan fingerprint density at radius 3 is 2.35 bits per heavy atom. The summed E-state index contributed by atoms with van der Waals surface area (Å²) in [6.07, 6.45) is -7.45. The molecular weight excluding hydrogens is 428 g/mol. The molecule has 1 aromatic heterocycles. The molecule has 1 aliphatic carbocycles. The van der Waals surface area contributed by atoms with Gasteiger partial charge in [0.25, 0.3) is 0 Å². The molecule has 1 N–H and O–H groups in total. The smallest absolute Gasteiger partial charge is 0.434 e. The fourth-order valence-electron chi connectivity index (χ4n) is 3.53. The van der Waals surface area contributed by atoms with E-state index >= 15 is 0 Å². The number of rotatable bonds is 4. The average Bonchev–Trinajstić information content (AvgIpc) is 3.16. The van der Waals surface area contributed by atoms with Crippen molar-refractivity contribution in [1.29, 1.82) is 0 Å². The van der Waals surface area contributed by atoms with Crippen molar-refractivity contribution in [3.63, 3.8) is 0 Å². The number of allylic oxidation sites excluding steroid dienone is 2. The molecule has 10 heteroatoms. The van der Waals surface area contributed by atoms with Crippen LogP contribution in [0.3, 0.4) is 0 Å². The molecule has 0 atom stereocenters. The van der Waals surface area contributed by atoms with Gasteiger partial charge in [-0.3, -0.25) is 4.98 Å². The number of esters is 1. The lowest BCUT2D eigenvalue weighted by molar-refractivity contribution is -0.141. The van der Waals surface area contributed by atoms with Crippen molar-refractivity contribution in [2.24, 2.45) is 0 Å². The number of carbonyl (C=O) groups excluding carboxylic acids is 1. The standard InChI is InChI=1S/C21H17F6NO3/c1-2-31-19(30)16-8-11(10-28-18(16)21(25,26)27)13-4-3-5-14(13)15-9-12(20(22,23)24)6-7-17(15)29/h6-10,29H,2-5H2,1H3. The van der Waals surface area contributed by atoms with Crippen LogP contribution >= 0.6 is 0 Å². The molecule has 0 saturated heterocycles. The van der Waals surface area contributed by atoms with Crippen LogP contribution in [0.1, 0.15) is 58.9 Å². The number of aromatic nitrogens is 1. The van der Waals surface area contributed by atoms with Crippen molar-refractivity contribution >= 4 is 17.1 Å². The predicted molar refractivity (Wildman–Crippen MR) is 99.0 cm³/mol. The number of ether oxygens (including phenoxy) is 1. The molecule has 0 amide bonds. The van der Waals surface area contributed by atoms with Crippen LogP contribution < -0.4 is 0 Å². The number of aromatic hydroxyl groups is 1. The Hall–Kier alpha value is -3.04. The molecule has 0 unspecified atom stereocenters. The molecule has 2 aromatic rings. The minimum Gasteiger partial charge on any atom is -0.507 e. The van der Waals surface area contributed by atoms with E-state index in [-0.39, 0.29) is 23.5 Å². The largest absolute Gasteiger partial charge is 0.507 e. The van der Waals surface area contributed by atoms with E-state index in [1.807, 2.05) is 0 Å². The van der Waals surface area contributed by atoms with Gasteiger partial charge >= 0.3 is 18.3 Å². The van der Waals surface area contributed by atoms with E-state index in [1.54, 1.807) is 0 Å². The van der Waals surface area contributed by atoms with E-state index in [0.29, 0.717) is 30.4 Å². The zero-order valence-electron chi connectivity index (χ0n) is 16.2. The SMILES string of the molecule is CCOC(=O)c1cc(C2=C(c3cc(C(F)(F)F)ccc3O)CCC2)cnc1C(F)(F)F. The molecule has 0 aliphatic heterocycles. The van der Waals surface area contributed by atoms with Gasteiger partial charge < -0.3 is 9.84 Å². The van der Waals surface area contributed by atoms with Gasteiger partial charge in [-0.1, -0.05) is 0 Å². The second-order valence-corrected chi connectivity index (χ2v) is 6.88. The molecule has 166 valence electrons. The van der Waals surface area contributed by atoms with Gasteiger partial charge in [0.05, 0.1) is 17.7 Å². The van der Waals surface area contributed by atoms with E-state index in [0.717, 1.165) is 30.5 Å². The molecular formula is C21H17F6NO3. The number of phenolic OH excluding ortho intramolecular Hbond substituents is 1. The third kappa shape index (κ3) is 4.67. The Bertz CT molecular complexity index is 1040. The fraction of sp³-hybridized carbons (Fsp3) is 0.333. The van der Waals surface area contributed by atoms with E-state index in [4.69, 9.17) is 4.74 Å². The lowest BCUT2D eigenvalue weighted by Crippen LogP contribution is -2.17.